The van der Waals surface area contributed by atoms with Gasteiger partial charge in [0.25, 0.3) is 0 Å². The van der Waals surface area contributed by atoms with Crippen molar-refractivity contribution >= 4 is 52.3 Å². The van der Waals surface area contributed by atoms with Gasteiger partial charge in [-0.3, -0.25) is 4.79 Å². The highest BCUT2D eigenvalue weighted by molar-refractivity contribution is 9.10. The molecule has 1 amide bonds. The molecule has 1 aromatic rings. The van der Waals surface area contributed by atoms with Crippen LogP contribution in [0.25, 0.3) is 0 Å². The van der Waals surface area contributed by atoms with Gasteiger partial charge in [0.15, 0.2) is 0 Å². The van der Waals surface area contributed by atoms with Crippen LogP contribution in [0, 0.1) is 5.92 Å². The number of morpholine rings is 1. The number of nitrogens with zero attached hydrogens (tertiary/aromatic N) is 1. The largest absolute Gasteiger partial charge is 0.378 e. The van der Waals surface area contributed by atoms with Crippen LogP contribution >= 0.6 is 40.7 Å². The van der Waals surface area contributed by atoms with Crippen molar-refractivity contribution in [2.45, 2.75) is 12.5 Å². The van der Waals surface area contributed by atoms with E-state index in [2.05, 4.69) is 55.7 Å². The van der Waals surface area contributed by atoms with Crippen molar-refractivity contribution < 1.29 is 9.53 Å². The normalized spacial score (nSPS) is 23.1. The Kier molecular flexibility index (Phi) is 9.37. The summed E-state index contributed by atoms with van der Waals surface area (Å²) in [6, 6.07) is 8.21. The van der Waals surface area contributed by atoms with E-state index in [-0.39, 0.29) is 36.8 Å². The number of anilines is 1. The Morgan fingerprint density at radius 3 is 2.75 bits per heavy atom. The molecule has 136 valence electrons. The minimum absolute atomic E-state index is 0. The van der Waals surface area contributed by atoms with Crippen LogP contribution in [0.1, 0.15) is 6.42 Å². The molecule has 1 aromatic carbocycles. The van der Waals surface area contributed by atoms with E-state index >= 15 is 0 Å². The minimum atomic E-state index is -0.197. The van der Waals surface area contributed by atoms with E-state index in [4.69, 9.17) is 4.74 Å². The molecule has 0 aliphatic carbocycles. The Bertz CT molecular complexity index is 513. The lowest BCUT2D eigenvalue weighted by Crippen LogP contribution is -2.52. The number of amides is 1. The Morgan fingerprint density at radius 1 is 1.33 bits per heavy atom. The lowest BCUT2D eigenvalue weighted by Gasteiger charge is -2.24. The van der Waals surface area contributed by atoms with E-state index in [0.29, 0.717) is 19.1 Å². The first-order chi connectivity index (χ1) is 10.7. The molecular weight excluding hydrogens is 417 g/mol. The molecule has 0 aromatic heterocycles. The van der Waals surface area contributed by atoms with Crippen molar-refractivity contribution in [2.75, 3.05) is 44.3 Å². The summed E-state index contributed by atoms with van der Waals surface area (Å²) in [5, 5.41) is 6.24. The van der Waals surface area contributed by atoms with Crippen LogP contribution in [-0.2, 0) is 9.53 Å². The topological polar surface area (TPSA) is 53.6 Å². The van der Waals surface area contributed by atoms with Gasteiger partial charge in [-0.25, -0.2) is 0 Å². The van der Waals surface area contributed by atoms with E-state index in [1.165, 1.54) is 5.69 Å². The molecule has 3 rings (SSSR count). The molecule has 2 fully saturated rings. The molecular formula is C16H24BrCl2N3O2. The van der Waals surface area contributed by atoms with Gasteiger partial charge in [0, 0.05) is 36.3 Å². The van der Waals surface area contributed by atoms with Gasteiger partial charge < -0.3 is 20.3 Å². The van der Waals surface area contributed by atoms with E-state index in [0.717, 1.165) is 37.1 Å². The molecule has 2 saturated heterocycles. The first-order valence-corrected chi connectivity index (χ1v) is 8.61. The number of carbonyl (C=O) groups excluding carboxylic acids is 1. The highest BCUT2D eigenvalue weighted by atomic mass is 79.9. The molecule has 0 spiro atoms. The minimum Gasteiger partial charge on any atom is -0.378 e. The van der Waals surface area contributed by atoms with Crippen LogP contribution in [0.4, 0.5) is 5.69 Å². The summed E-state index contributed by atoms with van der Waals surface area (Å²) < 4.78 is 6.42. The lowest BCUT2D eigenvalue weighted by molar-refractivity contribution is -0.126. The predicted octanol–water partition coefficient (Wildman–Crippen LogP) is 2.22. The van der Waals surface area contributed by atoms with Crippen molar-refractivity contribution in [1.29, 1.82) is 0 Å². The Balaban J connectivity index is 0.00000144. The standard InChI is InChI=1S/C16H22BrN3O2.2ClH/c17-13-1-3-14(4-2-13)20-7-5-12(10-20)9-19-16(21)15-11-22-8-6-18-15;;/h1-4,12,15,18H,5-11H2,(H,19,21);2*1H. The van der Waals surface area contributed by atoms with Gasteiger partial charge in [-0.15, -0.1) is 24.8 Å². The monoisotopic (exact) mass is 439 g/mol. The quantitative estimate of drug-likeness (QED) is 0.753. The summed E-state index contributed by atoms with van der Waals surface area (Å²) in [6.45, 7) is 4.70. The predicted molar refractivity (Wildman–Crippen MR) is 105 cm³/mol. The number of hydrogen-bond donors (Lipinski definition) is 2. The third-order valence-corrected chi connectivity index (χ3v) is 4.81. The zero-order valence-corrected chi connectivity index (χ0v) is 16.6. The summed E-state index contributed by atoms with van der Waals surface area (Å²) in [7, 11) is 0. The molecule has 0 radical (unpaired) electrons. The van der Waals surface area contributed by atoms with Gasteiger partial charge in [0.1, 0.15) is 6.04 Å². The number of hydrogen-bond acceptors (Lipinski definition) is 4. The van der Waals surface area contributed by atoms with Gasteiger partial charge in [0.05, 0.1) is 13.2 Å². The van der Waals surface area contributed by atoms with E-state index in [1.807, 2.05) is 0 Å². The SMILES string of the molecule is Cl.Cl.O=C(NCC1CCN(c2ccc(Br)cc2)C1)C1COCCN1. The third kappa shape index (κ3) is 5.77. The summed E-state index contributed by atoms with van der Waals surface area (Å²) in [4.78, 5) is 14.5. The summed E-state index contributed by atoms with van der Waals surface area (Å²) in [6.07, 6.45) is 1.12. The molecule has 2 atom stereocenters. The van der Waals surface area contributed by atoms with Crippen molar-refractivity contribution in [3.8, 4) is 0 Å². The number of rotatable bonds is 4. The van der Waals surface area contributed by atoms with Crippen LogP contribution in [0.2, 0.25) is 0 Å². The zero-order valence-electron chi connectivity index (χ0n) is 13.4. The van der Waals surface area contributed by atoms with Crippen LogP contribution in [-0.4, -0.2) is 51.3 Å². The van der Waals surface area contributed by atoms with E-state index in [9.17, 15) is 4.79 Å². The maximum absolute atomic E-state index is 12.1. The summed E-state index contributed by atoms with van der Waals surface area (Å²) in [5.74, 6) is 0.568. The average molecular weight is 441 g/mol. The van der Waals surface area contributed by atoms with Crippen LogP contribution in [0.15, 0.2) is 28.7 Å². The fourth-order valence-electron chi connectivity index (χ4n) is 2.99. The molecule has 2 unspecified atom stereocenters. The number of carbonyl (C=O) groups is 1. The second kappa shape index (κ2) is 10.5. The van der Waals surface area contributed by atoms with E-state index < -0.39 is 0 Å². The highest BCUT2D eigenvalue weighted by Crippen LogP contribution is 2.24. The number of halogens is 3. The van der Waals surface area contributed by atoms with Crippen molar-refractivity contribution in [2.24, 2.45) is 5.92 Å². The zero-order chi connectivity index (χ0) is 15.4. The molecule has 8 heteroatoms. The molecule has 2 aliphatic heterocycles. The van der Waals surface area contributed by atoms with Crippen LogP contribution < -0.4 is 15.5 Å². The van der Waals surface area contributed by atoms with Crippen LogP contribution in [0.5, 0.6) is 0 Å². The number of nitrogens with one attached hydrogen (secondary N) is 2. The third-order valence-electron chi connectivity index (χ3n) is 4.28. The summed E-state index contributed by atoms with van der Waals surface area (Å²) in [5.41, 5.74) is 1.25. The molecule has 0 bridgehead atoms. The Morgan fingerprint density at radius 2 is 2.08 bits per heavy atom. The van der Waals surface area contributed by atoms with Crippen molar-refractivity contribution in [3.05, 3.63) is 28.7 Å². The summed E-state index contributed by atoms with van der Waals surface area (Å²) >= 11 is 3.46. The molecule has 2 aliphatic rings. The Hall–Kier alpha value is -0.530. The van der Waals surface area contributed by atoms with E-state index in [1.54, 1.807) is 0 Å². The maximum atomic E-state index is 12.1. The average Bonchev–Trinajstić information content (AvgIpc) is 3.03. The molecule has 5 nitrogen and oxygen atoms in total. The fourth-order valence-corrected chi connectivity index (χ4v) is 3.25. The first-order valence-electron chi connectivity index (χ1n) is 7.82. The van der Waals surface area contributed by atoms with Gasteiger partial charge in [-0.2, -0.15) is 0 Å². The second-order valence-electron chi connectivity index (χ2n) is 5.90. The van der Waals surface area contributed by atoms with Gasteiger partial charge in [-0.05, 0) is 36.6 Å². The first kappa shape index (κ1) is 21.5. The second-order valence-corrected chi connectivity index (χ2v) is 6.82. The molecule has 2 N–H and O–H groups in total. The van der Waals surface area contributed by atoms with Crippen molar-refractivity contribution in [3.63, 3.8) is 0 Å². The number of benzene rings is 1. The maximum Gasteiger partial charge on any atom is 0.239 e. The van der Waals surface area contributed by atoms with Gasteiger partial charge in [-0.1, -0.05) is 15.9 Å². The van der Waals surface area contributed by atoms with Crippen LogP contribution in [0.3, 0.4) is 0 Å². The smallest absolute Gasteiger partial charge is 0.239 e. The fraction of sp³-hybridized carbons (Fsp3) is 0.562. The highest BCUT2D eigenvalue weighted by Gasteiger charge is 2.25. The lowest BCUT2D eigenvalue weighted by atomic mass is 10.1. The van der Waals surface area contributed by atoms with Gasteiger partial charge >= 0.3 is 0 Å². The molecule has 24 heavy (non-hydrogen) atoms. The molecule has 0 saturated carbocycles. The van der Waals surface area contributed by atoms with Gasteiger partial charge in [0.2, 0.25) is 5.91 Å². The molecule has 2 heterocycles. The number of ether oxygens (including phenoxy) is 1. The van der Waals surface area contributed by atoms with Crippen molar-refractivity contribution in [1.82, 2.24) is 10.6 Å². The Labute approximate surface area is 163 Å².